The smallest absolute Gasteiger partial charge is 0.338 e. The third-order valence-electron chi connectivity index (χ3n) is 10.6. The lowest BCUT2D eigenvalue weighted by molar-refractivity contribution is -0.143. The molecule has 2 aliphatic rings. The van der Waals surface area contributed by atoms with Crippen molar-refractivity contribution in [3.8, 4) is 5.75 Å². The number of carbonyl (C=O) groups excluding carboxylic acids is 2. The van der Waals surface area contributed by atoms with Crippen LogP contribution in [0.2, 0.25) is 0 Å². The first-order valence-electron chi connectivity index (χ1n) is 21.1. The Morgan fingerprint density at radius 1 is 0.782 bits per heavy atom. The van der Waals surface area contributed by atoms with Gasteiger partial charge < -0.3 is 24.4 Å². The Balaban J connectivity index is 1.75. The number of ether oxygens (including phenoxy) is 3. The van der Waals surface area contributed by atoms with Crippen molar-refractivity contribution in [3.63, 3.8) is 0 Å². The van der Waals surface area contributed by atoms with Crippen LogP contribution in [-0.2, 0) is 25.5 Å². The summed E-state index contributed by atoms with van der Waals surface area (Å²) in [7, 11) is 1.89. The average molecular weight is 776 g/mol. The monoisotopic (exact) mass is 775 g/mol. The lowest BCUT2D eigenvalue weighted by Crippen LogP contribution is -2.44. The van der Waals surface area contributed by atoms with E-state index in [0.717, 1.165) is 47.3 Å². The van der Waals surface area contributed by atoms with Crippen LogP contribution in [0.4, 0.5) is 11.4 Å². The summed E-state index contributed by atoms with van der Waals surface area (Å²) in [5.41, 5.74) is 5.70. The Morgan fingerprint density at radius 3 is 1.91 bits per heavy atom. The largest absolute Gasteiger partial charge is 0.494 e. The van der Waals surface area contributed by atoms with Crippen molar-refractivity contribution < 1.29 is 23.8 Å². The van der Waals surface area contributed by atoms with Crippen LogP contribution in [0.3, 0.4) is 0 Å². The fraction of sp³-hybridized carbons (Fsp3) is 0.609. The number of nitrogens with zero attached hydrogens (tertiary/aromatic N) is 2. The number of rotatable bonds is 22. The van der Waals surface area contributed by atoms with Crippen molar-refractivity contribution in [3.05, 3.63) is 75.8 Å². The lowest BCUT2D eigenvalue weighted by atomic mass is 9.77. The molecular weight excluding hydrogens is 707 g/mol. The molecule has 2 aliphatic heterocycles. The fourth-order valence-electron chi connectivity index (χ4n) is 7.89. The highest BCUT2D eigenvalue weighted by Crippen LogP contribution is 2.50. The molecule has 0 aromatic heterocycles. The van der Waals surface area contributed by atoms with Crippen LogP contribution in [0, 0.1) is 6.92 Å². The maximum absolute atomic E-state index is 14.8. The molecule has 1 N–H and O–H groups in total. The van der Waals surface area contributed by atoms with Crippen LogP contribution >= 0.6 is 12.6 Å². The molecule has 8 nitrogen and oxygen atoms in total. The van der Waals surface area contributed by atoms with Gasteiger partial charge in [-0.15, -0.1) is 12.6 Å². The van der Waals surface area contributed by atoms with Gasteiger partial charge in [-0.25, -0.2) is 9.59 Å². The van der Waals surface area contributed by atoms with Crippen molar-refractivity contribution in [1.29, 1.82) is 0 Å². The van der Waals surface area contributed by atoms with Gasteiger partial charge in [0, 0.05) is 18.3 Å². The van der Waals surface area contributed by atoms with Crippen LogP contribution in [0.25, 0.3) is 0 Å². The van der Waals surface area contributed by atoms with E-state index in [1.165, 1.54) is 70.6 Å². The van der Waals surface area contributed by atoms with E-state index in [0.29, 0.717) is 35.0 Å². The van der Waals surface area contributed by atoms with E-state index in [1.54, 1.807) is 0 Å². The van der Waals surface area contributed by atoms with Gasteiger partial charge in [-0.05, 0) is 90.6 Å². The molecule has 55 heavy (non-hydrogen) atoms. The first-order valence-corrected chi connectivity index (χ1v) is 21.6. The Bertz CT molecular complexity index is 1650. The Labute approximate surface area is 337 Å². The van der Waals surface area contributed by atoms with Crippen molar-refractivity contribution in [2.45, 2.75) is 169 Å². The molecule has 2 unspecified atom stereocenters. The first-order chi connectivity index (χ1) is 26.4. The summed E-state index contributed by atoms with van der Waals surface area (Å²) in [6.45, 7) is 16.0. The number of hydrogen-bond donors (Lipinski definition) is 2. The van der Waals surface area contributed by atoms with Crippen LogP contribution in [-0.4, -0.2) is 48.2 Å². The maximum Gasteiger partial charge on any atom is 0.338 e. The zero-order valence-corrected chi connectivity index (χ0v) is 36.2. The number of esters is 2. The van der Waals surface area contributed by atoms with Crippen LogP contribution < -0.4 is 15.0 Å². The minimum Gasteiger partial charge on any atom is -0.494 e. The second-order valence-electron chi connectivity index (χ2n) is 15.8. The number of fused-ring (bicyclic) bond motifs is 1. The molecule has 304 valence electrons. The van der Waals surface area contributed by atoms with Gasteiger partial charge in [0.25, 0.3) is 0 Å². The molecule has 0 bridgehead atoms. The number of nitrogens with one attached hydrogen (secondary N) is 1. The molecule has 2 aromatic rings. The summed E-state index contributed by atoms with van der Waals surface area (Å²) in [6, 6.07) is 12.3. The fourth-order valence-corrected chi connectivity index (χ4v) is 8.26. The van der Waals surface area contributed by atoms with Crippen molar-refractivity contribution >= 4 is 35.9 Å². The molecule has 9 heteroatoms. The van der Waals surface area contributed by atoms with Gasteiger partial charge >= 0.3 is 11.9 Å². The number of hydrogen-bond acceptors (Lipinski definition) is 9. The molecule has 2 heterocycles. The molecule has 0 saturated carbocycles. The number of benzene rings is 2. The van der Waals surface area contributed by atoms with Crippen molar-refractivity contribution in [2.75, 3.05) is 23.9 Å². The quantitative estimate of drug-likeness (QED) is 0.0695. The molecule has 4 rings (SSSR count). The van der Waals surface area contributed by atoms with E-state index in [2.05, 4.69) is 30.4 Å². The van der Waals surface area contributed by atoms with Gasteiger partial charge in [-0.1, -0.05) is 102 Å². The van der Waals surface area contributed by atoms with Crippen molar-refractivity contribution in [2.24, 2.45) is 0 Å². The Hall–Kier alpha value is -3.59. The Kier molecular flexibility index (Phi) is 17.4. The van der Waals surface area contributed by atoms with Gasteiger partial charge in [0.15, 0.2) is 5.50 Å². The zero-order chi connectivity index (χ0) is 40.1. The van der Waals surface area contributed by atoms with E-state index in [-0.39, 0.29) is 6.10 Å². The normalized spacial score (nSPS) is 16.9. The standard InChI is InChI=1S/C46H69N3O5S/c1-10-12-13-14-15-16-17-18-19-20-21-22-23-25-35-26-24-27-38(52-11-2)40(35)41-39(44(50)53-31(3)4)34(8)48(9)43(42(41)45(51)54-32(5)6)49-37-30-33(7)28-29-36(37)47-46(49)55/h24,26-32,41,46-47,55H,10-23,25H2,1-9H3. The molecule has 2 aromatic carbocycles. The lowest BCUT2D eigenvalue weighted by Gasteiger charge is -2.42. The minimum atomic E-state index is -0.821. The third kappa shape index (κ3) is 11.5. The number of carbonyl (C=O) groups is 2. The molecule has 2 atom stereocenters. The first kappa shape index (κ1) is 44.1. The Morgan fingerprint density at radius 2 is 1.35 bits per heavy atom. The van der Waals surface area contributed by atoms with Gasteiger partial charge in [0.1, 0.15) is 11.6 Å². The summed E-state index contributed by atoms with van der Waals surface area (Å²) in [5, 5.41) is 3.48. The highest BCUT2D eigenvalue weighted by atomic mass is 32.1. The summed E-state index contributed by atoms with van der Waals surface area (Å²) in [4.78, 5) is 33.1. The molecule has 0 radical (unpaired) electrons. The summed E-state index contributed by atoms with van der Waals surface area (Å²) >= 11 is 5.01. The van der Waals surface area contributed by atoms with E-state index in [1.807, 2.05) is 83.5 Å². The van der Waals surface area contributed by atoms with E-state index in [4.69, 9.17) is 26.8 Å². The molecule has 0 amide bonds. The van der Waals surface area contributed by atoms with Gasteiger partial charge in [0.05, 0.1) is 47.3 Å². The third-order valence-corrected chi connectivity index (χ3v) is 11.0. The highest BCUT2D eigenvalue weighted by molar-refractivity contribution is 7.81. The van der Waals surface area contributed by atoms with E-state index < -0.39 is 29.5 Å². The van der Waals surface area contributed by atoms with Gasteiger partial charge in [-0.2, -0.15) is 0 Å². The SMILES string of the molecule is CCCCCCCCCCCCCCCc1cccc(OCC)c1C1C(C(=O)OC(C)C)=C(C)N(C)C(N2c3cc(C)ccc3NC2S)=C1C(=O)OC(C)C. The van der Waals surface area contributed by atoms with E-state index >= 15 is 0 Å². The van der Waals surface area contributed by atoms with Crippen LogP contribution in [0.15, 0.2) is 59.1 Å². The topological polar surface area (TPSA) is 80.3 Å². The minimum absolute atomic E-state index is 0.353. The maximum atomic E-state index is 14.8. The highest BCUT2D eigenvalue weighted by Gasteiger charge is 2.47. The predicted molar refractivity (Wildman–Crippen MR) is 230 cm³/mol. The molecule has 0 saturated heterocycles. The second-order valence-corrected chi connectivity index (χ2v) is 16.3. The second kappa shape index (κ2) is 21.6. The number of thiol groups is 1. The predicted octanol–water partition coefficient (Wildman–Crippen LogP) is 11.6. The number of aryl methyl sites for hydroxylation is 2. The summed E-state index contributed by atoms with van der Waals surface area (Å²) < 4.78 is 18.4. The van der Waals surface area contributed by atoms with Gasteiger partial charge in [0.2, 0.25) is 0 Å². The van der Waals surface area contributed by atoms with Crippen LogP contribution in [0.5, 0.6) is 5.75 Å². The number of anilines is 2. The molecular formula is C46H69N3O5S. The summed E-state index contributed by atoms with van der Waals surface area (Å²) in [5.74, 6) is -0.528. The van der Waals surface area contributed by atoms with Gasteiger partial charge in [-0.3, -0.25) is 4.90 Å². The van der Waals surface area contributed by atoms with Crippen molar-refractivity contribution in [1.82, 2.24) is 4.90 Å². The summed E-state index contributed by atoms with van der Waals surface area (Å²) in [6.07, 6.45) is 16.7. The average Bonchev–Trinajstić information content (AvgIpc) is 3.44. The number of allylic oxidation sites excluding steroid dienone is 1. The molecule has 0 spiro atoms. The van der Waals surface area contributed by atoms with E-state index in [9.17, 15) is 9.59 Å². The number of unbranched alkanes of at least 4 members (excludes halogenated alkanes) is 12. The zero-order valence-electron chi connectivity index (χ0n) is 35.3. The van der Waals surface area contributed by atoms with Crippen LogP contribution in [0.1, 0.15) is 155 Å². The molecule has 0 fully saturated rings. The molecule has 0 aliphatic carbocycles.